The van der Waals surface area contributed by atoms with Crippen molar-refractivity contribution in [2.75, 3.05) is 6.54 Å². The second kappa shape index (κ2) is 8.33. The van der Waals surface area contributed by atoms with Gasteiger partial charge in [-0.05, 0) is 56.6 Å². The molecule has 1 atom stereocenters. The van der Waals surface area contributed by atoms with Crippen molar-refractivity contribution in [3.63, 3.8) is 0 Å². The minimum Gasteiger partial charge on any atom is -0.330 e. The zero-order valence-corrected chi connectivity index (χ0v) is 18.8. The lowest BCUT2D eigenvalue weighted by molar-refractivity contribution is 0.585. The van der Waals surface area contributed by atoms with Crippen LogP contribution < -0.4 is 5.73 Å². The average molecular weight is 446 g/mol. The van der Waals surface area contributed by atoms with Crippen LogP contribution in [0, 0.1) is 6.92 Å². The Morgan fingerprint density at radius 3 is 2.59 bits per heavy atom. The molecule has 0 spiro atoms. The van der Waals surface area contributed by atoms with Crippen molar-refractivity contribution in [2.24, 2.45) is 10.7 Å². The molecule has 0 fully saturated rings. The Hall–Kier alpha value is -3.29. The molecule has 162 valence electrons. The van der Waals surface area contributed by atoms with Gasteiger partial charge in [-0.1, -0.05) is 29.8 Å². The number of nitrogens with two attached hydrogens (primary N) is 1. The zero-order valence-electron chi connectivity index (χ0n) is 18.0. The summed E-state index contributed by atoms with van der Waals surface area (Å²) >= 11 is 6.15. The lowest BCUT2D eigenvalue weighted by atomic mass is 9.96. The van der Waals surface area contributed by atoms with Gasteiger partial charge in [-0.15, -0.1) is 10.2 Å². The lowest BCUT2D eigenvalue weighted by Gasteiger charge is -2.14. The number of hydrogen-bond donors (Lipinski definition) is 1. The van der Waals surface area contributed by atoms with E-state index in [9.17, 15) is 0 Å². The van der Waals surface area contributed by atoms with Crippen molar-refractivity contribution in [2.45, 2.75) is 32.9 Å². The second-order valence-electron chi connectivity index (χ2n) is 7.97. The normalized spacial score (nSPS) is 15.1. The molecule has 7 nitrogen and oxygen atoms in total. The van der Waals surface area contributed by atoms with E-state index in [-0.39, 0.29) is 6.04 Å². The third kappa shape index (κ3) is 3.63. The predicted molar refractivity (Wildman–Crippen MR) is 126 cm³/mol. The number of aliphatic imine (C=N–C) groups is 1. The Labute approximate surface area is 191 Å². The van der Waals surface area contributed by atoms with Crippen molar-refractivity contribution in [3.8, 4) is 16.8 Å². The number of halogens is 1. The maximum atomic E-state index is 6.15. The van der Waals surface area contributed by atoms with Gasteiger partial charge < -0.3 is 5.73 Å². The van der Waals surface area contributed by atoms with Gasteiger partial charge in [0.15, 0.2) is 5.82 Å². The van der Waals surface area contributed by atoms with Crippen LogP contribution in [0.3, 0.4) is 0 Å². The third-order valence-electron chi connectivity index (χ3n) is 5.71. The molecule has 8 heteroatoms. The Kier molecular flexibility index (Phi) is 5.36. The van der Waals surface area contributed by atoms with Crippen LogP contribution in [0.15, 0.2) is 59.9 Å². The first-order valence-electron chi connectivity index (χ1n) is 10.7. The van der Waals surface area contributed by atoms with Gasteiger partial charge >= 0.3 is 0 Å². The topological polar surface area (TPSA) is 86.9 Å². The number of benzene rings is 2. The minimum absolute atomic E-state index is 0.142. The van der Waals surface area contributed by atoms with E-state index in [0.717, 1.165) is 58.3 Å². The van der Waals surface area contributed by atoms with Crippen LogP contribution in [0.1, 0.15) is 42.2 Å². The summed E-state index contributed by atoms with van der Waals surface area (Å²) in [6.45, 7) is 5.47. The lowest BCUT2D eigenvalue weighted by Crippen LogP contribution is -2.08. The molecule has 2 aromatic heterocycles. The quantitative estimate of drug-likeness (QED) is 0.494. The number of aryl methyl sites for hydroxylation is 2. The number of hydrogen-bond acceptors (Lipinski definition) is 5. The summed E-state index contributed by atoms with van der Waals surface area (Å²) in [6.07, 6.45) is 4.85. The Bertz CT molecular complexity index is 1300. The molecule has 5 rings (SSSR count). The van der Waals surface area contributed by atoms with Crippen molar-refractivity contribution < 1.29 is 0 Å². The molecule has 2 N–H and O–H groups in total. The van der Waals surface area contributed by atoms with Gasteiger partial charge in [0.25, 0.3) is 0 Å². The van der Waals surface area contributed by atoms with E-state index >= 15 is 0 Å². The smallest absolute Gasteiger partial charge is 0.162 e. The van der Waals surface area contributed by atoms with Gasteiger partial charge in [-0.25, -0.2) is 0 Å². The molecule has 0 bridgehead atoms. The fourth-order valence-corrected chi connectivity index (χ4v) is 4.22. The molecule has 0 radical (unpaired) electrons. The average Bonchev–Trinajstić information content (AvgIpc) is 3.40. The van der Waals surface area contributed by atoms with Crippen LogP contribution in [0.2, 0.25) is 5.02 Å². The van der Waals surface area contributed by atoms with Crippen molar-refractivity contribution >= 4 is 17.3 Å². The molecule has 32 heavy (non-hydrogen) atoms. The number of rotatable bonds is 5. The van der Waals surface area contributed by atoms with E-state index in [2.05, 4.69) is 44.3 Å². The monoisotopic (exact) mass is 445 g/mol. The largest absolute Gasteiger partial charge is 0.330 e. The van der Waals surface area contributed by atoms with E-state index in [0.29, 0.717) is 11.6 Å². The molecule has 2 aromatic carbocycles. The van der Waals surface area contributed by atoms with Crippen LogP contribution in [0.25, 0.3) is 16.8 Å². The molecule has 1 aliphatic heterocycles. The SMILES string of the molecule is Cc1nnc2n1-c1ccc(-c3cnn(CCCN)c3)cc1C(c1ccc(Cl)cc1)=N[C@H]2C. The van der Waals surface area contributed by atoms with E-state index in [1.54, 1.807) is 0 Å². The first-order valence-corrected chi connectivity index (χ1v) is 11.1. The van der Waals surface area contributed by atoms with Gasteiger partial charge in [0.05, 0.1) is 17.6 Å². The van der Waals surface area contributed by atoms with E-state index in [4.69, 9.17) is 22.3 Å². The molecule has 0 unspecified atom stereocenters. The second-order valence-corrected chi connectivity index (χ2v) is 8.40. The molecule has 0 saturated carbocycles. The molecule has 1 aliphatic rings. The van der Waals surface area contributed by atoms with Gasteiger partial charge in [0.2, 0.25) is 0 Å². The highest BCUT2D eigenvalue weighted by atomic mass is 35.5. The maximum Gasteiger partial charge on any atom is 0.162 e. The summed E-state index contributed by atoms with van der Waals surface area (Å²) in [5.41, 5.74) is 11.7. The predicted octanol–water partition coefficient (Wildman–Crippen LogP) is 4.35. The molecule has 0 saturated heterocycles. The minimum atomic E-state index is -0.142. The maximum absolute atomic E-state index is 6.15. The zero-order chi connectivity index (χ0) is 22.2. The third-order valence-corrected chi connectivity index (χ3v) is 5.97. The summed E-state index contributed by atoms with van der Waals surface area (Å²) in [5, 5.41) is 13.9. The van der Waals surface area contributed by atoms with Gasteiger partial charge in [-0.3, -0.25) is 14.2 Å². The van der Waals surface area contributed by atoms with Gasteiger partial charge in [0.1, 0.15) is 11.9 Å². The highest BCUT2D eigenvalue weighted by Crippen LogP contribution is 2.33. The first-order chi connectivity index (χ1) is 15.5. The van der Waals surface area contributed by atoms with Gasteiger partial charge in [-0.2, -0.15) is 5.10 Å². The van der Waals surface area contributed by atoms with Crippen molar-refractivity contribution in [1.29, 1.82) is 0 Å². The van der Waals surface area contributed by atoms with Crippen molar-refractivity contribution in [1.82, 2.24) is 24.5 Å². The Morgan fingerprint density at radius 1 is 1.03 bits per heavy atom. The van der Waals surface area contributed by atoms with Crippen LogP contribution in [0.4, 0.5) is 0 Å². The van der Waals surface area contributed by atoms with E-state index in [1.165, 1.54) is 0 Å². The molecular formula is C24H24ClN7. The number of aromatic nitrogens is 5. The first kappa shape index (κ1) is 20.6. The summed E-state index contributed by atoms with van der Waals surface area (Å²) in [6, 6.07) is 14.1. The molecular weight excluding hydrogens is 422 g/mol. The van der Waals surface area contributed by atoms with Crippen LogP contribution in [-0.2, 0) is 6.54 Å². The van der Waals surface area contributed by atoms with Crippen LogP contribution in [-0.4, -0.2) is 36.8 Å². The molecule has 3 heterocycles. The van der Waals surface area contributed by atoms with Crippen molar-refractivity contribution in [3.05, 3.63) is 82.7 Å². The summed E-state index contributed by atoms with van der Waals surface area (Å²) in [7, 11) is 0. The Balaban J connectivity index is 1.68. The standard InChI is InChI=1S/C24H24ClN7/c1-15-24-30-29-16(2)32(24)22-9-6-18(19-13-27-31(14-19)11-3-10-26)12-21(22)23(28-15)17-4-7-20(25)8-5-17/h4-9,12-15H,3,10-11,26H2,1-2H3/t15-/m0/s1. The fourth-order valence-electron chi connectivity index (χ4n) is 4.09. The van der Waals surface area contributed by atoms with E-state index in [1.807, 2.05) is 49.0 Å². The highest BCUT2D eigenvalue weighted by Gasteiger charge is 2.26. The van der Waals surface area contributed by atoms with E-state index < -0.39 is 0 Å². The Morgan fingerprint density at radius 2 is 1.81 bits per heavy atom. The van der Waals surface area contributed by atoms with Crippen LogP contribution in [0.5, 0.6) is 0 Å². The molecule has 0 aliphatic carbocycles. The molecule has 0 amide bonds. The van der Waals surface area contributed by atoms with Gasteiger partial charge in [0, 0.05) is 34.5 Å². The summed E-state index contributed by atoms with van der Waals surface area (Å²) in [4.78, 5) is 5.07. The summed E-state index contributed by atoms with van der Waals surface area (Å²) in [5.74, 6) is 1.66. The number of fused-ring (bicyclic) bond motifs is 3. The summed E-state index contributed by atoms with van der Waals surface area (Å²) < 4.78 is 4.03. The number of nitrogens with zero attached hydrogens (tertiary/aromatic N) is 6. The molecule has 4 aromatic rings. The highest BCUT2D eigenvalue weighted by molar-refractivity contribution is 6.30. The fraction of sp³-hybridized carbons (Fsp3) is 0.250. The van der Waals surface area contributed by atoms with Crippen LogP contribution >= 0.6 is 11.6 Å².